The molecule has 30 heavy (non-hydrogen) atoms. The summed E-state index contributed by atoms with van der Waals surface area (Å²) in [5.41, 5.74) is 1.75. The lowest BCUT2D eigenvalue weighted by Gasteiger charge is -2.31. The van der Waals surface area contributed by atoms with Crippen LogP contribution in [0, 0.1) is 0 Å². The summed E-state index contributed by atoms with van der Waals surface area (Å²) in [6.07, 6.45) is 7.07. The third-order valence-corrected chi connectivity index (χ3v) is 6.46. The molecule has 0 spiro atoms. The summed E-state index contributed by atoms with van der Waals surface area (Å²) < 4.78 is 7.46. The van der Waals surface area contributed by atoms with E-state index in [9.17, 15) is 9.59 Å². The van der Waals surface area contributed by atoms with E-state index in [0.717, 1.165) is 36.7 Å². The number of nitrogens with one attached hydrogen (secondary N) is 1. The topological polar surface area (TPSA) is 76.5 Å². The van der Waals surface area contributed by atoms with Crippen molar-refractivity contribution in [1.29, 1.82) is 0 Å². The van der Waals surface area contributed by atoms with Crippen molar-refractivity contribution in [2.75, 3.05) is 13.7 Å². The SMILES string of the molecule is CC(NC(=O)C1CCCO1)c1nc2ccccc2n1CC(=O)N(C)C1CCCCC1. The van der Waals surface area contributed by atoms with Crippen LogP contribution < -0.4 is 5.32 Å². The highest BCUT2D eigenvalue weighted by atomic mass is 16.5. The third-order valence-electron chi connectivity index (χ3n) is 6.46. The maximum atomic E-state index is 13.1. The Hall–Kier alpha value is -2.41. The largest absolute Gasteiger partial charge is 0.368 e. The Labute approximate surface area is 177 Å². The summed E-state index contributed by atoms with van der Waals surface area (Å²) in [7, 11) is 1.92. The first-order chi connectivity index (χ1) is 14.5. The molecule has 2 atom stereocenters. The highest BCUT2D eigenvalue weighted by Crippen LogP contribution is 2.24. The number of likely N-dealkylation sites (N-methyl/N-ethyl adjacent to an activating group) is 1. The predicted octanol–water partition coefficient (Wildman–Crippen LogP) is 3.18. The second-order valence-electron chi connectivity index (χ2n) is 8.57. The van der Waals surface area contributed by atoms with Crippen molar-refractivity contribution < 1.29 is 14.3 Å². The number of imidazole rings is 1. The Balaban J connectivity index is 1.55. The molecular formula is C23H32N4O3. The van der Waals surface area contributed by atoms with Gasteiger partial charge in [0.2, 0.25) is 11.8 Å². The van der Waals surface area contributed by atoms with Crippen LogP contribution in [0.2, 0.25) is 0 Å². The lowest BCUT2D eigenvalue weighted by molar-refractivity contribution is -0.133. The van der Waals surface area contributed by atoms with Crippen molar-refractivity contribution in [3.05, 3.63) is 30.1 Å². The van der Waals surface area contributed by atoms with E-state index >= 15 is 0 Å². The molecule has 1 saturated heterocycles. The fourth-order valence-corrected chi connectivity index (χ4v) is 4.66. The maximum absolute atomic E-state index is 13.1. The number of amides is 2. The molecule has 2 amide bonds. The number of aromatic nitrogens is 2. The van der Waals surface area contributed by atoms with E-state index in [-0.39, 0.29) is 30.5 Å². The summed E-state index contributed by atoms with van der Waals surface area (Å²) >= 11 is 0. The summed E-state index contributed by atoms with van der Waals surface area (Å²) in [5, 5.41) is 3.03. The van der Waals surface area contributed by atoms with Crippen LogP contribution in [-0.2, 0) is 20.9 Å². The molecule has 2 unspecified atom stereocenters. The zero-order valence-electron chi connectivity index (χ0n) is 18.0. The number of fused-ring (bicyclic) bond motifs is 1. The highest BCUT2D eigenvalue weighted by Gasteiger charge is 2.28. The van der Waals surface area contributed by atoms with Crippen molar-refractivity contribution in [2.24, 2.45) is 0 Å². The normalized spacial score (nSPS) is 20.9. The number of hydrogen-bond donors (Lipinski definition) is 1. The molecule has 1 saturated carbocycles. The van der Waals surface area contributed by atoms with E-state index in [4.69, 9.17) is 9.72 Å². The first-order valence-corrected chi connectivity index (χ1v) is 11.2. The second kappa shape index (κ2) is 9.16. The van der Waals surface area contributed by atoms with Crippen LogP contribution >= 0.6 is 0 Å². The van der Waals surface area contributed by atoms with Gasteiger partial charge in [-0.2, -0.15) is 0 Å². The minimum absolute atomic E-state index is 0.0870. The highest BCUT2D eigenvalue weighted by molar-refractivity contribution is 5.83. The molecule has 2 heterocycles. The summed E-state index contributed by atoms with van der Waals surface area (Å²) in [6, 6.07) is 7.82. The number of nitrogens with zero attached hydrogens (tertiary/aromatic N) is 3. The number of hydrogen-bond acceptors (Lipinski definition) is 4. The Morgan fingerprint density at radius 3 is 2.70 bits per heavy atom. The van der Waals surface area contributed by atoms with Crippen molar-refractivity contribution >= 4 is 22.8 Å². The molecule has 1 aromatic heterocycles. The van der Waals surface area contributed by atoms with Gasteiger partial charge in [-0.3, -0.25) is 9.59 Å². The van der Waals surface area contributed by atoms with Gasteiger partial charge >= 0.3 is 0 Å². The molecule has 7 nitrogen and oxygen atoms in total. The number of carbonyl (C=O) groups excluding carboxylic acids is 2. The Morgan fingerprint density at radius 1 is 1.20 bits per heavy atom. The van der Waals surface area contributed by atoms with Crippen LogP contribution in [0.25, 0.3) is 11.0 Å². The lowest BCUT2D eigenvalue weighted by Crippen LogP contribution is -2.41. The minimum atomic E-state index is -0.385. The predicted molar refractivity (Wildman–Crippen MR) is 115 cm³/mol. The van der Waals surface area contributed by atoms with Gasteiger partial charge < -0.3 is 19.5 Å². The number of ether oxygens (including phenoxy) is 1. The lowest BCUT2D eigenvalue weighted by atomic mass is 9.94. The molecule has 1 aliphatic heterocycles. The van der Waals surface area contributed by atoms with Gasteiger partial charge in [-0.25, -0.2) is 4.98 Å². The van der Waals surface area contributed by atoms with Crippen molar-refractivity contribution in [3.8, 4) is 0 Å². The average Bonchev–Trinajstić information content (AvgIpc) is 3.43. The van der Waals surface area contributed by atoms with Gasteiger partial charge in [-0.05, 0) is 44.7 Å². The third kappa shape index (κ3) is 4.36. The van der Waals surface area contributed by atoms with Gasteiger partial charge in [0.25, 0.3) is 0 Å². The Morgan fingerprint density at radius 2 is 1.97 bits per heavy atom. The first kappa shape index (κ1) is 20.8. The van der Waals surface area contributed by atoms with Gasteiger partial charge in [-0.1, -0.05) is 31.4 Å². The Kier molecular flexibility index (Phi) is 6.37. The summed E-state index contributed by atoms with van der Waals surface area (Å²) in [4.78, 5) is 32.3. The zero-order valence-corrected chi connectivity index (χ0v) is 18.0. The molecule has 4 rings (SSSR count). The molecule has 1 N–H and O–H groups in total. The van der Waals surface area contributed by atoms with Crippen molar-refractivity contribution in [2.45, 2.75) is 76.6 Å². The summed E-state index contributed by atoms with van der Waals surface area (Å²) in [6.45, 7) is 2.77. The number of para-hydroxylation sites is 2. The molecule has 162 valence electrons. The van der Waals surface area contributed by atoms with Crippen LogP contribution in [0.5, 0.6) is 0 Å². The summed E-state index contributed by atoms with van der Waals surface area (Å²) in [5.74, 6) is 0.682. The molecule has 1 aliphatic carbocycles. The molecule has 2 aliphatic rings. The van der Waals surface area contributed by atoms with Gasteiger partial charge in [0, 0.05) is 19.7 Å². The van der Waals surface area contributed by atoms with Gasteiger partial charge in [0.15, 0.2) is 0 Å². The molecule has 0 radical (unpaired) electrons. The molecule has 0 bridgehead atoms. The van der Waals surface area contributed by atoms with Crippen molar-refractivity contribution in [3.63, 3.8) is 0 Å². The quantitative estimate of drug-likeness (QED) is 0.791. The monoisotopic (exact) mass is 412 g/mol. The fraction of sp³-hybridized carbons (Fsp3) is 0.609. The van der Waals surface area contributed by atoms with Crippen LogP contribution in [0.1, 0.15) is 63.7 Å². The standard InChI is InChI=1S/C23H32N4O3/c1-16(24-23(29)20-13-8-14-30-20)22-25-18-11-6-7-12-19(18)27(22)15-21(28)26(2)17-9-4-3-5-10-17/h6-7,11-12,16-17,20H,3-5,8-10,13-15H2,1-2H3,(H,24,29). The zero-order chi connectivity index (χ0) is 21.1. The van der Waals surface area contributed by atoms with E-state index < -0.39 is 0 Å². The molecule has 7 heteroatoms. The van der Waals surface area contributed by atoms with Crippen LogP contribution in [-0.4, -0.2) is 52.1 Å². The number of benzene rings is 1. The van der Waals surface area contributed by atoms with Gasteiger partial charge in [0.05, 0.1) is 17.1 Å². The maximum Gasteiger partial charge on any atom is 0.249 e. The van der Waals surface area contributed by atoms with E-state index in [1.807, 2.05) is 47.7 Å². The van der Waals surface area contributed by atoms with E-state index in [1.165, 1.54) is 19.3 Å². The van der Waals surface area contributed by atoms with E-state index in [2.05, 4.69) is 5.32 Å². The minimum Gasteiger partial charge on any atom is -0.368 e. The second-order valence-corrected chi connectivity index (χ2v) is 8.57. The van der Waals surface area contributed by atoms with Crippen LogP contribution in [0.4, 0.5) is 0 Å². The van der Waals surface area contributed by atoms with E-state index in [1.54, 1.807) is 0 Å². The molecule has 1 aromatic carbocycles. The van der Waals surface area contributed by atoms with Crippen molar-refractivity contribution in [1.82, 2.24) is 19.8 Å². The number of rotatable bonds is 6. The first-order valence-electron chi connectivity index (χ1n) is 11.2. The van der Waals surface area contributed by atoms with E-state index in [0.29, 0.717) is 18.5 Å². The van der Waals surface area contributed by atoms with Crippen LogP contribution in [0.3, 0.4) is 0 Å². The smallest absolute Gasteiger partial charge is 0.249 e. The van der Waals surface area contributed by atoms with Crippen LogP contribution in [0.15, 0.2) is 24.3 Å². The van der Waals surface area contributed by atoms with Gasteiger partial charge in [-0.15, -0.1) is 0 Å². The fourth-order valence-electron chi connectivity index (χ4n) is 4.66. The number of carbonyl (C=O) groups is 2. The van der Waals surface area contributed by atoms with Gasteiger partial charge in [0.1, 0.15) is 18.5 Å². The average molecular weight is 413 g/mol. The molecule has 2 fully saturated rings. The molecule has 2 aromatic rings. The Bertz CT molecular complexity index is 897. The molecular weight excluding hydrogens is 380 g/mol.